The highest BCUT2D eigenvalue weighted by Crippen LogP contribution is 2.31. The van der Waals surface area contributed by atoms with Gasteiger partial charge in [0.05, 0.1) is 13.2 Å². The van der Waals surface area contributed by atoms with Crippen LogP contribution in [0.1, 0.15) is 12.8 Å². The van der Waals surface area contributed by atoms with Crippen molar-refractivity contribution in [1.29, 1.82) is 0 Å². The Morgan fingerprint density at radius 1 is 0.865 bits per heavy atom. The van der Waals surface area contributed by atoms with Crippen LogP contribution in [0.15, 0.2) is 65.5 Å². The van der Waals surface area contributed by atoms with Crippen molar-refractivity contribution in [3.63, 3.8) is 0 Å². The molecule has 194 valence electrons. The van der Waals surface area contributed by atoms with Crippen molar-refractivity contribution in [2.45, 2.75) is 12.8 Å². The zero-order valence-electron chi connectivity index (χ0n) is 21.3. The van der Waals surface area contributed by atoms with Gasteiger partial charge in [-0.25, -0.2) is 0 Å². The normalized spacial score (nSPS) is 14.4. The SMILES string of the molecule is COCCOc1ccc2cccc(N3CCN(CCCCOc4ccc5ccc(=O)[nH]c5n4)CC3)c2c1. The van der Waals surface area contributed by atoms with Gasteiger partial charge in [-0.3, -0.25) is 9.69 Å². The maximum Gasteiger partial charge on any atom is 0.249 e. The smallest absolute Gasteiger partial charge is 0.249 e. The molecule has 1 aliphatic rings. The number of pyridine rings is 2. The molecule has 0 amide bonds. The lowest BCUT2D eigenvalue weighted by Crippen LogP contribution is -2.46. The zero-order chi connectivity index (χ0) is 25.5. The number of nitrogens with one attached hydrogen (secondary N) is 1. The number of unbranched alkanes of at least 4 members (excludes halogenated alkanes) is 1. The number of piperazine rings is 1. The van der Waals surface area contributed by atoms with Crippen molar-refractivity contribution in [3.05, 3.63) is 71.0 Å². The largest absolute Gasteiger partial charge is 0.491 e. The van der Waals surface area contributed by atoms with Gasteiger partial charge in [-0.05, 0) is 55.1 Å². The van der Waals surface area contributed by atoms with Crippen molar-refractivity contribution < 1.29 is 14.2 Å². The number of hydrogen-bond acceptors (Lipinski definition) is 7. The minimum absolute atomic E-state index is 0.158. The minimum atomic E-state index is -0.158. The van der Waals surface area contributed by atoms with Gasteiger partial charge in [0.1, 0.15) is 18.0 Å². The molecule has 2 aromatic carbocycles. The van der Waals surface area contributed by atoms with E-state index in [1.165, 1.54) is 22.5 Å². The highest BCUT2D eigenvalue weighted by atomic mass is 16.5. The van der Waals surface area contributed by atoms with Crippen molar-refractivity contribution >= 4 is 27.5 Å². The van der Waals surface area contributed by atoms with E-state index in [1.54, 1.807) is 13.2 Å². The van der Waals surface area contributed by atoms with Crippen LogP contribution in [0, 0.1) is 0 Å². The molecule has 2 aromatic heterocycles. The summed E-state index contributed by atoms with van der Waals surface area (Å²) in [6, 6.07) is 19.8. The van der Waals surface area contributed by atoms with E-state index in [1.807, 2.05) is 18.2 Å². The number of H-pyrrole nitrogens is 1. The molecule has 37 heavy (non-hydrogen) atoms. The Hall–Kier alpha value is -3.62. The molecule has 0 atom stereocenters. The van der Waals surface area contributed by atoms with E-state index < -0.39 is 0 Å². The molecule has 0 saturated carbocycles. The fourth-order valence-electron chi connectivity index (χ4n) is 4.76. The molecule has 8 nitrogen and oxygen atoms in total. The summed E-state index contributed by atoms with van der Waals surface area (Å²) >= 11 is 0. The number of rotatable bonds is 11. The second-order valence-corrected chi connectivity index (χ2v) is 9.30. The molecule has 1 saturated heterocycles. The molecule has 0 radical (unpaired) electrons. The molecule has 0 unspecified atom stereocenters. The van der Waals surface area contributed by atoms with E-state index >= 15 is 0 Å². The van der Waals surface area contributed by atoms with Crippen LogP contribution in [-0.4, -0.2) is 74.5 Å². The first kappa shape index (κ1) is 25.0. The van der Waals surface area contributed by atoms with Gasteiger partial charge in [0.15, 0.2) is 0 Å². The van der Waals surface area contributed by atoms with Crippen LogP contribution in [0.5, 0.6) is 11.6 Å². The molecular weight excluding hydrogens is 468 g/mol. The van der Waals surface area contributed by atoms with Gasteiger partial charge >= 0.3 is 0 Å². The van der Waals surface area contributed by atoms with E-state index in [2.05, 4.69) is 50.1 Å². The van der Waals surface area contributed by atoms with Gasteiger partial charge in [-0.15, -0.1) is 0 Å². The van der Waals surface area contributed by atoms with E-state index in [9.17, 15) is 4.79 Å². The quantitative estimate of drug-likeness (QED) is 0.310. The van der Waals surface area contributed by atoms with Gasteiger partial charge in [0.25, 0.3) is 0 Å². The molecular formula is C29H34N4O4. The predicted molar refractivity (Wildman–Crippen MR) is 147 cm³/mol. The number of ether oxygens (including phenoxy) is 3. The fraction of sp³-hybridized carbons (Fsp3) is 0.379. The van der Waals surface area contributed by atoms with E-state index in [0.29, 0.717) is 31.3 Å². The van der Waals surface area contributed by atoms with E-state index in [4.69, 9.17) is 14.2 Å². The summed E-state index contributed by atoms with van der Waals surface area (Å²) in [7, 11) is 1.68. The third kappa shape index (κ3) is 6.39. The number of nitrogens with zero attached hydrogens (tertiary/aromatic N) is 3. The Bertz CT molecular complexity index is 1380. The lowest BCUT2D eigenvalue weighted by Gasteiger charge is -2.36. The Morgan fingerprint density at radius 3 is 2.57 bits per heavy atom. The maximum atomic E-state index is 11.5. The molecule has 1 fully saturated rings. The van der Waals surface area contributed by atoms with E-state index in [-0.39, 0.29) is 5.56 Å². The van der Waals surface area contributed by atoms with Crippen molar-refractivity contribution in [2.24, 2.45) is 0 Å². The number of hydrogen-bond donors (Lipinski definition) is 1. The van der Waals surface area contributed by atoms with Crippen LogP contribution in [0.4, 0.5) is 5.69 Å². The number of methoxy groups -OCH3 is 1. The van der Waals surface area contributed by atoms with Gasteiger partial charge in [-0.1, -0.05) is 18.2 Å². The number of anilines is 1. The summed E-state index contributed by atoms with van der Waals surface area (Å²) in [5.41, 5.74) is 1.67. The monoisotopic (exact) mass is 502 g/mol. The lowest BCUT2D eigenvalue weighted by atomic mass is 10.1. The summed E-state index contributed by atoms with van der Waals surface area (Å²) in [6.07, 6.45) is 2.03. The van der Waals surface area contributed by atoms with Gasteiger partial charge in [0, 0.05) is 61.9 Å². The fourth-order valence-corrected chi connectivity index (χ4v) is 4.76. The topological polar surface area (TPSA) is 79.9 Å². The first-order valence-corrected chi connectivity index (χ1v) is 12.9. The number of aromatic nitrogens is 2. The molecule has 1 N–H and O–H groups in total. The van der Waals surface area contributed by atoms with Crippen molar-refractivity contribution in [1.82, 2.24) is 14.9 Å². The van der Waals surface area contributed by atoms with Crippen LogP contribution in [0.3, 0.4) is 0 Å². The van der Waals surface area contributed by atoms with Crippen LogP contribution >= 0.6 is 0 Å². The third-order valence-electron chi connectivity index (χ3n) is 6.78. The first-order chi connectivity index (χ1) is 18.2. The van der Waals surface area contributed by atoms with Crippen molar-refractivity contribution in [3.8, 4) is 11.6 Å². The highest BCUT2D eigenvalue weighted by Gasteiger charge is 2.18. The summed E-state index contributed by atoms with van der Waals surface area (Å²) in [4.78, 5) is 23.7. The summed E-state index contributed by atoms with van der Waals surface area (Å²) in [5, 5.41) is 3.35. The Morgan fingerprint density at radius 2 is 1.70 bits per heavy atom. The third-order valence-corrected chi connectivity index (χ3v) is 6.78. The zero-order valence-corrected chi connectivity index (χ0v) is 21.3. The summed E-state index contributed by atoms with van der Waals surface area (Å²) in [6.45, 7) is 6.89. The number of benzene rings is 2. The Kier molecular flexibility index (Phi) is 8.18. The minimum Gasteiger partial charge on any atom is -0.491 e. The molecule has 4 aromatic rings. The molecule has 0 bridgehead atoms. The van der Waals surface area contributed by atoms with Crippen LogP contribution in [0.2, 0.25) is 0 Å². The molecule has 3 heterocycles. The van der Waals surface area contributed by atoms with Gasteiger partial charge in [0.2, 0.25) is 11.4 Å². The number of aromatic amines is 1. The molecule has 5 rings (SSSR count). The van der Waals surface area contributed by atoms with Gasteiger partial charge < -0.3 is 24.1 Å². The molecule has 0 aliphatic carbocycles. The Labute approximate surface area is 216 Å². The highest BCUT2D eigenvalue weighted by molar-refractivity contribution is 5.95. The molecule has 1 aliphatic heterocycles. The number of fused-ring (bicyclic) bond motifs is 2. The van der Waals surface area contributed by atoms with Crippen molar-refractivity contribution in [2.75, 3.05) is 64.6 Å². The van der Waals surface area contributed by atoms with Crippen LogP contribution < -0.4 is 19.9 Å². The average molecular weight is 503 g/mol. The standard InChI is InChI=1S/C29H34N4O4/c1-35-19-20-36-24-10-7-22-5-4-6-26(25(22)21-24)33-16-14-32(15-17-33)13-2-3-18-37-28-12-9-23-8-11-27(34)30-29(23)31-28/h4-12,21H,2-3,13-20H2,1H3,(H,30,31,34). The second kappa shape index (κ2) is 12.1. The summed E-state index contributed by atoms with van der Waals surface area (Å²) in [5.74, 6) is 1.43. The average Bonchev–Trinajstić information content (AvgIpc) is 2.93. The van der Waals surface area contributed by atoms with Gasteiger partial charge in [-0.2, -0.15) is 4.98 Å². The van der Waals surface area contributed by atoms with Crippen LogP contribution in [-0.2, 0) is 4.74 Å². The Balaban J connectivity index is 1.08. The second-order valence-electron chi connectivity index (χ2n) is 9.30. The van der Waals surface area contributed by atoms with Crippen LogP contribution in [0.25, 0.3) is 21.8 Å². The molecule has 0 spiro atoms. The first-order valence-electron chi connectivity index (χ1n) is 12.9. The lowest BCUT2D eigenvalue weighted by molar-refractivity contribution is 0.146. The summed E-state index contributed by atoms with van der Waals surface area (Å²) < 4.78 is 16.8. The van der Waals surface area contributed by atoms with E-state index in [0.717, 1.165) is 56.7 Å². The maximum absolute atomic E-state index is 11.5. The predicted octanol–water partition coefficient (Wildman–Crippen LogP) is 4.08. The molecule has 8 heteroatoms.